The molecule has 0 aliphatic rings. The fourth-order valence-corrected chi connectivity index (χ4v) is 3.69. The van der Waals surface area contributed by atoms with Gasteiger partial charge in [-0.25, -0.2) is 0 Å². The number of nitrogens with zero attached hydrogens (tertiary/aromatic N) is 5. The van der Waals surface area contributed by atoms with Crippen molar-refractivity contribution in [3.8, 4) is 0 Å². The van der Waals surface area contributed by atoms with E-state index >= 15 is 0 Å². The Morgan fingerprint density at radius 3 is 1.70 bits per heavy atom. The quantitative estimate of drug-likeness (QED) is 0.200. The first-order valence-corrected chi connectivity index (χ1v) is 12.8. The highest BCUT2D eigenvalue weighted by Gasteiger charge is 2.15. The summed E-state index contributed by atoms with van der Waals surface area (Å²) in [5.74, 6) is 0. The van der Waals surface area contributed by atoms with Crippen molar-refractivity contribution in [1.29, 1.82) is 0 Å². The first-order chi connectivity index (χ1) is 14.3. The summed E-state index contributed by atoms with van der Waals surface area (Å²) in [5.41, 5.74) is 5.61. The molecule has 0 atom stereocenters. The molecule has 0 aromatic heterocycles. The second-order valence-electron chi connectivity index (χ2n) is 7.63. The van der Waals surface area contributed by atoms with Crippen molar-refractivity contribution in [3.05, 3.63) is 82.9 Å². The normalized spacial score (nSPS) is 11.8. The van der Waals surface area contributed by atoms with Crippen LogP contribution in [0.4, 0.5) is 28.4 Å². The zero-order chi connectivity index (χ0) is 21.6. The molecule has 8 nitrogen and oxygen atoms in total. The molecule has 0 radical (unpaired) electrons. The molecular formula is C21H22N6O2Si. The number of hydrogen-bond donors (Lipinski definition) is 1. The number of nitro groups is 1. The molecule has 0 saturated carbocycles. The lowest BCUT2D eigenvalue weighted by Gasteiger charge is -2.15. The minimum atomic E-state index is -1.31. The van der Waals surface area contributed by atoms with Crippen LogP contribution in [0.5, 0.6) is 0 Å². The molecule has 3 aromatic rings. The molecule has 0 bridgehead atoms. The average Bonchev–Trinajstić information content (AvgIpc) is 2.73. The Morgan fingerprint density at radius 2 is 1.20 bits per heavy atom. The molecule has 3 aromatic carbocycles. The summed E-state index contributed by atoms with van der Waals surface area (Å²) in [6.07, 6.45) is 0. The number of hydrogen-bond acceptors (Lipinski definition) is 6. The van der Waals surface area contributed by atoms with Gasteiger partial charge in [-0.15, -0.1) is 5.11 Å². The largest absolute Gasteiger partial charge is 0.269 e. The van der Waals surface area contributed by atoms with Gasteiger partial charge >= 0.3 is 0 Å². The van der Waals surface area contributed by atoms with Crippen LogP contribution in [0, 0.1) is 10.1 Å². The Bertz CT molecular complexity index is 1060. The predicted molar refractivity (Wildman–Crippen MR) is 121 cm³/mol. The van der Waals surface area contributed by atoms with Crippen LogP contribution in [0.25, 0.3) is 0 Å². The Hall–Kier alpha value is -3.72. The van der Waals surface area contributed by atoms with Crippen molar-refractivity contribution >= 4 is 41.7 Å². The maximum atomic E-state index is 10.6. The molecule has 0 unspecified atom stereocenters. The summed E-state index contributed by atoms with van der Waals surface area (Å²) in [6, 6.07) is 21.3. The Morgan fingerprint density at radius 1 is 0.733 bits per heavy atom. The van der Waals surface area contributed by atoms with E-state index in [0.717, 1.165) is 17.1 Å². The van der Waals surface area contributed by atoms with Crippen LogP contribution in [-0.2, 0) is 0 Å². The lowest BCUT2D eigenvalue weighted by molar-refractivity contribution is -0.384. The maximum Gasteiger partial charge on any atom is 0.269 e. The molecule has 9 heteroatoms. The monoisotopic (exact) mass is 418 g/mol. The molecule has 0 amide bonds. The van der Waals surface area contributed by atoms with E-state index in [4.69, 9.17) is 0 Å². The summed E-state index contributed by atoms with van der Waals surface area (Å²) in [7, 11) is -1.31. The van der Waals surface area contributed by atoms with Gasteiger partial charge in [-0.3, -0.25) is 15.5 Å². The summed E-state index contributed by atoms with van der Waals surface area (Å²) in [4.78, 5) is 10.2. The Balaban J connectivity index is 1.56. The van der Waals surface area contributed by atoms with Crippen LogP contribution < -0.4 is 10.6 Å². The molecule has 30 heavy (non-hydrogen) atoms. The van der Waals surface area contributed by atoms with Crippen LogP contribution in [-0.4, -0.2) is 13.0 Å². The van der Waals surface area contributed by atoms with E-state index in [0.29, 0.717) is 5.69 Å². The third-order valence-corrected chi connectivity index (χ3v) is 6.35. The van der Waals surface area contributed by atoms with Crippen molar-refractivity contribution < 1.29 is 4.92 Å². The van der Waals surface area contributed by atoms with E-state index in [-0.39, 0.29) is 5.69 Å². The molecule has 0 fully saturated rings. The average molecular weight is 419 g/mol. The van der Waals surface area contributed by atoms with Gasteiger partial charge < -0.3 is 0 Å². The van der Waals surface area contributed by atoms with E-state index in [1.807, 2.05) is 36.4 Å². The molecule has 0 heterocycles. The van der Waals surface area contributed by atoms with Crippen molar-refractivity contribution in [2.75, 3.05) is 5.43 Å². The van der Waals surface area contributed by atoms with Crippen molar-refractivity contribution in [3.63, 3.8) is 0 Å². The molecule has 3 rings (SSSR count). The highest BCUT2D eigenvalue weighted by molar-refractivity contribution is 6.88. The summed E-state index contributed by atoms with van der Waals surface area (Å²) < 4.78 is 0. The smallest absolute Gasteiger partial charge is 0.260 e. The highest BCUT2D eigenvalue weighted by atomic mass is 28.3. The number of anilines is 1. The molecule has 0 saturated heterocycles. The Kier molecular flexibility index (Phi) is 6.43. The second kappa shape index (κ2) is 9.18. The van der Waals surface area contributed by atoms with Gasteiger partial charge in [0.15, 0.2) is 0 Å². The molecular weight excluding hydrogens is 396 g/mol. The van der Waals surface area contributed by atoms with E-state index in [1.165, 1.54) is 29.5 Å². The summed E-state index contributed by atoms with van der Waals surface area (Å²) in [5, 5.41) is 28.4. The van der Waals surface area contributed by atoms with Gasteiger partial charge in [0.05, 0.1) is 35.7 Å². The fraction of sp³-hybridized carbons (Fsp3) is 0.143. The number of rotatable bonds is 7. The number of benzene rings is 3. The molecule has 0 spiro atoms. The number of nitro benzene ring substituents is 1. The van der Waals surface area contributed by atoms with Gasteiger partial charge in [0.25, 0.3) is 5.69 Å². The Labute approximate surface area is 175 Å². The van der Waals surface area contributed by atoms with Gasteiger partial charge in [-0.05, 0) is 48.5 Å². The first kappa shape index (κ1) is 21.0. The van der Waals surface area contributed by atoms with Gasteiger partial charge in [0.2, 0.25) is 0 Å². The topological polar surface area (TPSA) is 105 Å². The van der Waals surface area contributed by atoms with Gasteiger partial charge in [-0.1, -0.05) is 42.2 Å². The molecule has 152 valence electrons. The van der Waals surface area contributed by atoms with Gasteiger partial charge in [0.1, 0.15) is 0 Å². The van der Waals surface area contributed by atoms with Crippen molar-refractivity contribution in [1.82, 2.24) is 0 Å². The SMILES string of the molecule is C[Si](C)(C)c1ccc(N=Nc2ccc(NN=Nc3ccc([N+](=O)[O-])cc3)cc2)cc1. The number of azo groups is 1. The van der Waals surface area contributed by atoms with E-state index in [1.54, 1.807) is 0 Å². The third kappa shape index (κ3) is 5.88. The predicted octanol–water partition coefficient (Wildman–Crippen LogP) is 6.67. The summed E-state index contributed by atoms with van der Waals surface area (Å²) >= 11 is 0. The maximum absolute atomic E-state index is 10.6. The lowest BCUT2D eigenvalue weighted by Crippen LogP contribution is -2.37. The van der Waals surface area contributed by atoms with Crippen LogP contribution in [0.2, 0.25) is 19.6 Å². The van der Waals surface area contributed by atoms with E-state index in [9.17, 15) is 10.1 Å². The fourth-order valence-electron chi connectivity index (χ4n) is 2.53. The zero-order valence-corrected chi connectivity index (χ0v) is 18.0. The highest BCUT2D eigenvalue weighted by Crippen LogP contribution is 2.21. The molecule has 1 N–H and O–H groups in total. The first-order valence-electron chi connectivity index (χ1n) is 9.35. The second-order valence-corrected chi connectivity index (χ2v) is 12.7. The van der Waals surface area contributed by atoms with E-state index in [2.05, 4.69) is 57.8 Å². The molecule has 0 aliphatic heterocycles. The third-order valence-electron chi connectivity index (χ3n) is 4.29. The lowest BCUT2D eigenvalue weighted by atomic mass is 10.3. The van der Waals surface area contributed by atoms with Crippen molar-refractivity contribution in [2.45, 2.75) is 19.6 Å². The van der Waals surface area contributed by atoms with Crippen LogP contribution in [0.1, 0.15) is 0 Å². The van der Waals surface area contributed by atoms with Gasteiger partial charge in [-0.2, -0.15) is 10.2 Å². The zero-order valence-electron chi connectivity index (χ0n) is 17.0. The number of nitrogens with one attached hydrogen (secondary N) is 1. The van der Waals surface area contributed by atoms with Gasteiger partial charge in [0, 0.05) is 12.1 Å². The minimum absolute atomic E-state index is 0.0126. The van der Waals surface area contributed by atoms with Crippen LogP contribution >= 0.6 is 0 Å². The van der Waals surface area contributed by atoms with Crippen LogP contribution in [0.3, 0.4) is 0 Å². The van der Waals surface area contributed by atoms with Crippen molar-refractivity contribution in [2.24, 2.45) is 20.6 Å². The molecule has 0 aliphatic carbocycles. The summed E-state index contributed by atoms with van der Waals surface area (Å²) in [6.45, 7) is 6.93. The standard InChI is InChI=1S/C21H22N6O2Si/c1-30(2,3)21-14-10-17(11-15-21)23-22-16-4-6-18(7-5-16)24-26-25-19-8-12-20(13-9-19)27(28)29/h4-15H,1-3H3,(H,24,25). The number of non-ortho nitro benzene ring substituents is 1. The van der Waals surface area contributed by atoms with E-state index < -0.39 is 13.0 Å². The van der Waals surface area contributed by atoms with Crippen LogP contribution in [0.15, 0.2) is 93.4 Å². The minimum Gasteiger partial charge on any atom is -0.260 e.